The van der Waals surface area contributed by atoms with E-state index in [9.17, 15) is 0 Å². The summed E-state index contributed by atoms with van der Waals surface area (Å²) >= 11 is 0. The van der Waals surface area contributed by atoms with Gasteiger partial charge in [-0.1, -0.05) is 24.3 Å². The minimum Gasteiger partial charge on any atom is -0.368 e. The van der Waals surface area contributed by atoms with Crippen molar-refractivity contribution in [3.8, 4) is 0 Å². The molecule has 0 aliphatic heterocycles. The number of fused-ring (bicyclic) bond motifs is 1. The summed E-state index contributed by atoms with van der Waals surface area (Å²) in [7, 11) is 0. The van der Waals surface area contributed by atoms with Gasteiger partial charge in [-0.25, -0.2) is 4.98 Å². The molecule has 0 saturated heterocycles. The molecule has 0 aliphatic carbocycles. The monoisotopic (exact) mass is 239 g/mol. The Balaban J connectivity index is 1.74. The summed E-state index contributed by atoms with van der Waals surface area (Å²) in [5.41, 5.74) is 0. The maximum Gasteiger partial charge on any atom is 0.156 e. The molecule has 2 aromatic heterocycles. The maximum atomic E-state index is 4.18. The summed E-state index contributed by atoms with van der Waals surface area (Å²) in [6.45, 7) is 0.774. The van der Waals surface area contributed by atoms with E-state index < -0.39 is 0 Å². The quantitative estimate of drug-likeness (QED) is 0.731. The standard InChI is InChI=1S/C13H13N5/c1-2-4-11-10(3-1)9-17-18-13(11)16-6-5-12-14-7-8-15-12/h1-4,7-9H,5-6H2,(H,14,15)(H,16,18). The molecule has 0 fully saturated rings. The molecular weight excluding hydrogens is 226 g/mol. The van der Waals surface area contributed by atoms with Gasteiger partial charge in [-0.15, -0.1) is 5.10 Å². The van der Waals surface area contributed by atoms with Gasteiger partial charge in [0.1, 0.15) is 5.82 Å². The molecule has 5 nitrogen and oxygen atoms in total. The molecule has 90 valence electrons. The zero-order valence-electron chi connectivity index (χ0n) is 9.80. The average Bonchev–Trinajstić information content (AvgIpc) is 2.92. The number of rotatable bonds is 4. The highest BCUT2D eigenvalue weighted by Gasteiger charge is 2.02. The molecular formula is C13H13N5. The van der Waals surface area contributed by atoms with Gasteiger partial charge in [0.15, 0.2) is 5.82 Å². The second kappa shape index (κ2) is 4.83. The van der Waals surface area contributed by atoms with Crippen LogP contribution in [0.4, 0.5) is 5.82 Å². The first-order valence-corrected chi connectivity index (χ1v) is 5.86. The lowest BCUT2D eigenvalue weighted by atomic mass is 10.2. The lowest BCUT2D eigenvalue weighted by molar-refractivity contribution is 0.914. The highest BCUT2D eigenvalue weighted by molar-refractivity contribution is 5.90. The number of nitrogens with one attached hydrogen (secondary N) is 2. The predicted octanol–water partition coefficient (Wildman–Crippen LogP) is 2.01. The third kappa shape index (κ3) is 2.15. The fourth-order valence-electron chi connectivity index (χ4n) is 1.89. The van der Waals surface area contributed by atoms with Crippen molar-refractivity contribution in [1.29, 1.82) is 0 Å². The summed E-state index contributed by atoms with van der Waals surface area (Å²) < 4.78 is 0. The average molecular weight is 239 g/mol. The van der Waals surface area contributed by atoms with Crippen molar-refractivity contribution < 1.29 is 0 Å². The van der Waals surface area contributed by atoms with Gasteiger partial charge >= 0.3 is 0 Å². The number of aromatic amines is 1. The Morgan fingerprint density at radius 2 is 2.17 bits per heavy atom. The molecule has 3 aromatic rings. The van der Waals surface area contributed by atoms with Crippen molar-refractivity contribution >= 4 is 16.6 Å². The van der Waals surface area contributed by atoms with E-state index in [2.05, 4.69) is 25.5 Å². The van der Waals surface area contributed by atoms with Crippen LogP contribution in [-0.4, -0.2) is 26.7 Å². The fraction of sp³-hybridized carbons (Fsp3) is 0.154. The van der Waals surface area contributed by atoms with E-state index in [4.69, 9.17) is 0 Å². The molecule has 0 radical (unpaired) electrons. The maximum absolute atomic E-state index is 4.18. The van der Waals surface area contributed by atoms with Gasteiger partial charge in [0.2, 0.25) is 0 Å². The summed E-state index contributed by atoms with van der Waals surface area (Å²) in [5, 5.41) is 13.6. The first kappa shape index (κ1) is 10.7. The van der Waals surface area contributed by atoms with Crippen LogP contribution in [-0.2, 0) is 6.42 Å². The molecule has 0 saturated carbocycles. The lowest BCUT2D eigenvalue weighted by Gasteiger charge is -2.06. The van der Waals surface area contributed by atoms with E-state index in [0.717, 1.165) is 35.4 Å². The number of H-pyrrole nitrogens is 1. The van der Waals surface area contributed by atoms with Crippen molar-refractivity contribution in [1.82, 2.24) is 20.2 Å². The summed E-state index contributed by atoms with van der Waals surface area (Å²) in [4.78, 5) is 7.25. The first-order valence-electron chi connectivity index (χ1n) is 5.86. The van der Waals surface area contributed by atoms with Gasteiger partial charge in [0, 0.05) is 36.1 Å². The number of aromatic nitrogens is 4. The largest absolute Gasteiger partial charge is 0.368 e. The molecule has 1 aromatic carbocycles. The highest BCUT2D eigenvalue weighted by Crippen LogP contribution is 2.18. The van der Waals surface area contributed by atoms with Crippen LogP contribution in [0, 0.1) is 0 Å². The summed E-state index contributed by atoms with van der Waals surface area (Å²) in [5.74, 6) is 1.79. The van der Waals surface area contributed by atoms with Crippen molar-refractivity contribution in [2.45, 2.75) is 6.42 Å². The number of hydrogen-bond acceptors (Lipinski definition) is 4. The summed E-state index contributed by atoms with van der Waals surface area (Å²) in [6.07, 6.45) is 6.19. The van der Waals surface area contributed by atoms with Crippen LogP contribution in [0.25, 0.3) is 10.8 Å². The van der Waals surface area contributed by atoms with Crippen LogP contribution in [0.3, 0.4) is 0 Å². The molecule has 0 spiro atoms. The molecule has 0 aliphatic rings. The highest BCUT2D eigenvalue weighted by atomic mass is 15.2. The minimum atomic E-state index is 0.774. The SMILES string of the molecule is c1ccc2c(NCCc3ncc[nH]3)nncc2c1. The second-order valence-corrected chi connectivity index (χ2v) is 3.99. The molecule has 0 unspecified atom stereocenters. The smallest absolute Gasteiger partial charge is 0.156 e. The number of anilines is 1. The fourth-order valence-corrected chi connectivity index (χ4v) is 1.89. The molecule has 0 atom stereocenters. The Morgan fingerprint density at radius 1 is 1.22 bits per heavy atom. The zero-order chi connectivity index (χ0) is 12.2. The van der Waals surface area contributed by atoms with E-state index >= 15 is 0 Å². The van der Waals surface area contributed by atoms with Gasteiger partial charge in [-0.05, 0) is 0 Å². The van der Waals surface area contributed by atoms with Crippen LogP contribution in [0.5, 0.6) is 0 Å². The van der Waals surface area contributed by atoms with Gasteiger partial charge in [-0.2, -0.15) is 5.10 Å². The van der Waals surface area contributed by atoms with Gasteiger partial charge in [-0.3, -0.25) is 0 Å². The predicted molar refractivity (Wildman–Crippen MR) is 70.3 cm³/mol. The Bertz CT molecular complexity index is 627. The number of benzene rings is 1. The molecule has 2 heterocycles. The van der Waals surface area contributed by atoms with Crippen molar-refractivity contribution in [3.63, 3.8) is 0 Å². The van der Waals surface area contributed by atoms with Crippen molar-refractivity contribution in [2.75, 3.05) is 11.9 Å². The molecule has 0 amide bonds. The molecule has 18 heavy (non-hydrogen) atoms. The van der Waals surface area contributed by atoms with Crippen LogP contribution in [0.2, 0.25) is 0 Å². The van der Waals surface area contributed by atoms with Crippen LogP contribution in [0.15, 0.2) is 42.9 Å². The topological polar surface area (TPSA) is 66.5 Å². The van der Waals surface area contributed by atoms with E-state index in [0.29, 0.717) is 0 Å². The molecule has 2 N–H and O–H groups in total. The Hall–Kier alpha value is -2.43. The van der Waals surface area contributed by atoms with Crippen LogP contribution >= 0.6 is 0 Å². The van der Waals surface area contributed by atoms with Crippen molar-refractivity contribution in [3.05, 3.63) is 48.7 Å². The third-order valence-corrected chi connectivity index (χ3v) is 2.78. The van der Waals surface area contributed by atoms with Crippen LogP contribution < -0.4 is 5.32 Å². The first-order chi connectivity index (χ1) is 8.93. The number of imidazole rings is 1. The number of hydrogen-bond donors (Lipinski definition) is 2. The van der Waals surface area contributed by atoms with Gasteiger partial charge in [0.25, 0.3) is 0 Å². The summed E-state index contributed by atoms with van der Waals surface area (Å²) in [6, 6.07) is 8.07. The van der Waals surface area contributed by atoms with Gasteiger partial charge < -0.3 is 10.3 Å². The number of nitrogens with zero attached hydrogens (tertiary/aromatic N) is 3. The zero-order valence-corrected chi connectivity index (χ0v) is 9.80. The van der Waals surface area contributed by atoms with E-state index in [-0.39, 0.29) is 0 Å². The lowest BCUT2D eigenvalue weighted by Crippen LogP contribution is -2.08. The van der Waals surface area contributed by atoms with Gasteiger partial charge in [0.05, 0.1) is 6.20 Å². The van der Waals surface area contributed by atoms with Crippen molar-refractivity contribution in [2.24, 2.45) is 0 Å². The Labute approximate surface area is 104 Å². The molecule has 5 heteroatoms. The molecule has 0 bridgehead atoms. The molecule has 3 rings (SSSR count). The van der Waals surface area contributed by atoms with E-state index in [1.54, 1.807) is 12.4 Å². The second-order valence-electron chi connectivity index (χ2n) is 3.99. The van der Waals surface area contributed by atoms with E-state index in [1.807, 2.05) is 30.5 Å². The van der Waals surface area contributed by atoms with Crippen LogP contribution in [0.1, 0.15) is 5.82 Å². The minimum absolute atomic E-state index is 0.774. The van der Waals surface area contributed by atoms with E-state index in [1.165, 1.54) is 0 Å². The Morgan fingerprint density at radius 3 is 3.06 bits per heavy atom. The normalized spacial score (nSPS) is 10.7. The Kier molecular flexibility index (Phi) is 2.87. The third-order valence-electron chi connectivity index (χ3n) is 2.78.